The van der Waals surface area contributed by atoms with Crippen LogP contribution in [0, 0.1) is 11.8 Å². The third-order valence-electron chi connectivity index (χ3n) is 5.37. The highest BCUT2D eigenvalue weighted by molar-refractivity contribution is 9.09. The standard InChI is InChI=1S/C17H25BrN2O6/c1-4-25-16(24)10-11-15(23)20(5-6-21)13(14(22)19-8(2)3)17(11)7-9(18)12(10)26-17/h8-13,21H,4-7H2,1-3H3,(H,19,22)/t9?,10-,11+,12-,13?,17?/m1/s1. The highest BCUT2D eigenvalue weighted by Crippen LogP contribution is 2.60. The highest BCUT2D eigenvalue weighted by atomic mass is 79.9. The lowest BCUT2D eigenvalue weighted by Crippen LogP contribution is -2.57. The molecule has 0 aromatic carbocycles. The predicted octanol–water partition coefficient (Wildman–Crippen LogP) is -0.186. The first-order chi connectivity index (χ1) is 12.3. The molecule has 3 heterocycles. The van der Waals surface area contributed by atoms with E-state index in [1.165, 1.54) is 4.90 Å². The molecule has 3 unspecified atom stereocenters. The van der Waals surface area contributed by atoms with Crippen LogP contribution in [0.15, 0.2) is 0 Å². The van der Waals surface area contributed by atoms with Crippen LogP contribution in [0.25, 0.3) is 0 Å². The Bertz CT molecular complexity index is 614. The monoisotopic (exact) mass is 432 g/mol. The van der Waals surface area contributed by atoms with Crippen molar-refractivity contribution in [2.75, 3.05) is 19.8 Å². The van der Waals surface area contributed by atoms with Gasteiger partial charge >= 0.3 is 5.97 Å². The van der Waals surface area contributed by atoms with E-state index in [1.807, 2.05) is 13.8 Å². The number of ether oxygens (including phenoxy) is 2. The molecule has 2 amide bonds. The predicted molar refractivity (Wildman–Crippen MR) is 94.4 cm³/mol. The molecule has 3 saturated heterocycles. The molecular formula is C17H25BrN2O6. The van der Waals surface area contributed by atoms with Gasteiger partial charge in [0, 0.05) is 17.4 Å². The van der Waals surface area contributed by atoms with Crippen LogP contribution >= 0.6 is 15.9 Å². The number of nitrogens with zero attached hydrogens (tertiary/aromatic N) is 1. The Labute approximate surface area is 160 Å². The fourth-order valence-electron chi connectivity index (χ4n) is 4.65. The molecule has 8 nitrogen and oxygen atoms in total. The number of nitrogens with one attached hydrogen (secondary N) is 1. The summed E-state index contributed by atoms with van der Waals surface area (Å²) in [4.78, 5) is 39.8. The van der Waals surface area contributed by atoms with Gasteiger partial charge < -0.3 is 24.8 Å². The van der Waals surface area contributed by atoms with E-state index in [2.05, 4.69) is 21.2 Å². The van der Waals surface area contributed by atoms with E-state index < -0.39 is 35.6 Å². The van der Waals surface area contributed by atoms with Gasteiger partial charge in [0.25, 0.3) is 0 Å². The maximum Gasteiger partial charge on any atom is 0.312 e. The Kier molecular flexibility index (Phi) is 5.33. The minimum absolute atomic E-state index is 0.0176. The number of halogens is 1. The van der Waals surface area contributed by atoms with Gasteiger partial charge in [-0.25, -0.2) is 0 Å². The molecule has 3 rings (SSSR count). The average molecular weight is 433 g/mol. The first kappa shape index (κ1) is 19.6. The highest BCUT2D eigenvalue weighted by Gasteiger charge is 2.76. The Morgan fingerprint density at radius 2 is 2.19 bits per heavy atom. The fourth-order valence-corrected chi connectivity index (χ4v) is 5.59. The summed E-state index contributed by atoms with van der Waals surface area (Å²) in [7, 11) is 0. The largest absolute Gasteiger partial charge is 0.466 e. The summed E-state index contributed by atoms with van der Waals surface area (Å²) in [5.41, 5.74) is -1.08. The number of carbonyl (C=O) groups is 3. The number of esters is 1. The van der Waals surface area contributed by atoms with E-state index >= 15 is 0 Å². The maximum atomic E-state index is 13.1. The van der Waals surface area contributed by atoms with E-state index in [0.29, 0.717) is 6.42 Å². The molecule has 6 atom stereocenters. The summed E-state index contributed by atoms with van der Waals surface area (Å²) in [6.45, 7) is 5.33. The van der Waals surface area contributed by atoms with Crippen molar-refractivity contribution in [1.29, 1.82) is 0 Å². The molecule has 0 saturated carbocycles. The molecule has 26 heavy (non-hydrogen) atoms. The summed E-state index contributed by atoms with van der Waals surface area (Å²) in [5.74, 6) is -2.65. The van der Waals surface area contributed by atoms with Crippen LogP contribution in [0.1, 0.15) is 27.2 Å². The molecule has 0 radical (unpaired) electrons. The van der Waals surface area contributed by atoms with Gasteiger partial charge in [0.2, 0.25) is 11.8 Å². The van der Waals surface area contributed by atoms with Crippen LogP contribution in [0.3, 0.4) is 0 Å². The van der Waals surface area contributed by atoms with Crippen molar-refractivity contribution in [2.45, 2.75) is 55.8 Å². The number of β-amino-alcohol motifs (C(OH)–C–C–N with tert-alkyl or cyclic N) is 1. The lowest BCUT2D eigenvalue weighted by molar-refractivity contribution is -0.154. The van der Waals surface area contributed by atoms with Crippen molar-refractivity contribution in [1.82, 2.24) is 10.2 Å². The van der Waals surface area contributed by atoms with E-state index in [9.17, 15) is 19.5 Å². The topological polar surface area (TPSA) is 105 Å². The van der Waals surface area contributed by atoms with Crippen LogP contribution in [0.5, 0.6) is 0 Å². The summed E-state index contributed by atoms with van der Waals surface area (Å²) in [5, 5.41) is 12.2. The van der Waals surface area contributed by atoms with Gasteiger partial charge in [-0.15, -0.1) is 0 Å². The number of amides is 2. The number of rotatable bonds is 6. The molecule has 146 valence electrons. The van der Waals surface area contributed by atoms with Crippen LogP contribution in [0.4, 0.5) is 0 Å². The van der Waals surface area contributed by atoms with E-state index in [-0.39, 0.29) is 42.4 Å². The zero-order valence-corrected chi connectivity index (χ0v) is 16.7. The molecule has 9 heteroatoms. The van der Waals surface area contributed by atoms with Gasteiger partial charge in [0.1, 0.15) is 11.6 Å². The van der Waals surface area contributed by atoms with Gasteiger partial charge in [-0.1, -0.05) is 15.9 Å². The van der Waals surface area contributed by atoms with Crippen LogP contribution < -0.4 is 5.32 Å². The fraction of sp³-hybridized carbons (Fsp3) is 0.824. The zero-order chi connectivity index (χ0) is 19.2. The molecule has 0 aromatic heterocycles. The summed E-state index contributed by atoms with van der Waals surface area (Å²) >= 11 is 3.55. The summed E-state index contributed by atoms with van der Waals surface area (Å²) < 4.78 is 11.4. The number of fused-ring (bicyclic) bond motifs is 1. The molecule has 3 aliphatic rings. The number of alkyl halides is 1. The second-order valence-corrected chi connectivity index (χ2v) is 8.51. The van der Waals surface area contributed by atoms with Gasteiger partial charge in [-0.3, -0.25) is 14.4 Å². The molecule has 3 aliphatic heterocycles. The number of aliphatic hydroxyl groups excluding tert-OH is 1. The molecule has 0 aromatic rings. The molecule has 3 fully saturated rings. The molecule has 2 N–H and O–H groups in total. The van der Waals surface area contributed by atoms with Crippen molar-refractivity contribution >= 4 is 33.7 Å². The lowest BCUT2D eigenvalue weighted by atomic mass is 9.70. The van der Waals surface area contributed by atoms with Crippen LogP contribution in [-0.4, -0.2) is 76.2 Å². The normalized spacial score (nSPS) is 38.0. The van der Waals surface area contributed by atoms with E-state index in [0.717, 1.165) is 0 Å². The van der Waals surface area contributed by atoms with Gasteiger partial charge in [0.05, 0.1) is 31.2 Å². The average Bonchev–Trinajstić information content (AvgIpc) is 3.12. The summed E-state index contributed by atoms with van der Waals surface area (Å²) in [6, 6.07) is -0.984. The van der Waals surface area contributed by atoms with Gasteiger partial charge in [-0.2, -0.15) is 0 Å². The SMILES string of the molecule is CCOC(=O)[C@H]1[C@@H]2OC3(CC2Br)C(C(=O)NC(C)C)N(CCO)C(=O)[C@H]13. The summed E-state index contributed by atoms with van der Waals surface area (Å²) in [6.07, 6.45) is -0.0594. The first-order valence-corrected chi connectivity index (χ1v) is 9.90. The van der Waals surface area contributed by atoms with Crippen molar-refractivity contribution in [3.8, 4) is 0 Å². The second kappa shape index (κ2) is 7.09. The Morgan fingerprint density at radius 1 is 1.50 bits per heavy atom. The third-order valence-corrected chi connectivity index (χ3v) is 6.21. The molecule has 1 spiro atoms. The van der Waals surface area contributed by atoms with Crippen molar-refractivity contribution in [2.24, 2.45) is 11.8 Å². The van der Waals surface area contributed by atoms with Gasteiger partial charge in [-0.05, 0) is 27.2 Å². The Hall–Kier alpha value is -1.19. The van der Waals surface area contributed by atoms with E-state index in [4.69, 9.17) is 9.47 Å². The van der Waals surface area contributed by atoms with Gasteiger partial charge in [0.15, 0.2) is 0 Å². The third kappa shape index (κ3) is 2.75. The first-order valence-electron chi connectivity index (χ1n) is 8.98. The quantitative estimate of drug-likeness (QED) is 0.445. The van der Waals surface area contributed by atoms with Crippen molar-refractivity contribution < 1.29 is 29.0 Å². The lowest BCUT2D eigenvalue weighted by Gasteiger charge is -2.34. The number of carbonyl (C=O) groups excluding carboxylic acids is 3. The minimum Gasteiger partial charge on any atom is -0.466 e. The van der Waals surface area contributed by atoms with Crippen molar-refractivity contribution in [3.05, 3.63) is 0 Å². The van der Waals surface area contributed by atoms with Crippen molar-refractivity contribution in [3.63, 3.8) is 0 Å². The minimum atomic E-state index is -1.08. The Balaban J connectivity index is 2.02. The molecule has 2 bridgehead atoms. The second-order valence-electron chi connectivity index (χ2n) is 7.33. The number of likely N-dealkylation sites (tertiary alicyclic amines) is 1. The zero-order valence-electron chi connectivity index (χ0n) is 15.1. The molecular weight excluding hydrogens is 408 g/mol. The smallest absolute Gasteiger partial charge is 0.312 e. The van der Waals surface area contributed by atoms with E-state index in [1.54, 1.807) is 6.92 Å². The number of aliphatic hydroxyl groups is 1. The maximum absolute atomic E-state index is 13.1. The number of hydrogen-bond acceptors (Lipinski definition) is 6. The molecule has 0 aliphatic carbocycles. The Morgan fingerprint density at radius 3 is 2.77 bits per heavy atom. The van der Waals surface area contributed by atoms with Crippen LogP contribution in [0.2, 0.25) is 0 Å². The number of hydrogen-bond donors (Lipinski definition) is 2. The van der Waals surface area contributed by atoms with Crippen LogP contribution in [-0.2, 0) is 23.9 Å².